The maximum atomic E-state index is 8.39. The van der Waals surface area contributed by atoms with Crippen LogP contribution < -0.4 is 0 Å². The quantitative estimate of drug-likeness (QED) is 0.401. The van der Waals surface area contributed by atoms with E-state index in [4.69, 9.17) is 24.1 Å². The second-order valence-electron chi connectivity index (χ2n) is 2.33. The molecule has 0 rings (SSSR count). The van der Waals surface area contributed by atoms with Crippen LogP contribution >= 0.6 is 0 Å². The van der Waals surface area contributed by atoms with Crippen molar-refractivity contribution in [2.24, 2.45) is 0 Å². The second kappa shape index (κ2) is 9.88. The van der Waals surface area contributed by atoms with E-state index in [-0.39, 0.29) is 12.9 Å². The number of aliphatic hydroxyl groups is 1. The fourth-order valence-corrected chi connectivity index (χ4v) is 0.725. The zero-order chi connectivity index (χ0) is 9.94. The Morgan fingerprint density at radius 1 is 1.15 bits per heavy atom. The van der Waals surface area contributed by atoms with Crippen LogP contribution in [0.3, 0.4) is 0 Å². The van der Waals surface area contributed by atoms with Gasteiger partial charge in [0.25, 0.3) is 0 Å². The normalized spacial score (nSPS) is 13.2. The van der Waals surface area contributed by atoms with Gasteiger partial charge in [0.15, 0.2) is 6.29 Å². The molecule has 5 nitrogen and oxygen atoms in total. The van der Waals surface area contributed by atoms with Gasteiger partial charge in [0, 0.05) is 14.2 Å². The first kappa shape index (κ1) is 12.8. The third-order valence-electron chi connectivity index (χ3n) is 1.33. The molecule has 5 heteroatoms. The lowest BCUT2D eigenvalue weighted by Gasteiger charge is -2.14. The highest BCUT2D eigenvalue weighted by molar-refractivity contribution is 4.39. The van der Waals surface area contributed by atoms with Gasteiger partial charge in [-0.25, -0.2) is 0 Å². The lowest BCUT2D eigenvalue weighted by Crippen LogP contribution is -2.23. The number of methoxy groups -OCH3 is 2. The molecule has 0 saturated carbocycles. The first-order valence-corrected chi connectivity index (χ1v) is 4.17. The van der Waals surface area contributed by atoms with Gasteiger partial charge in [-0.05, 0) is 0 Å². The van der Waals surface area contributed by atoms with Crippen molar-refractivity contribution in [3.63, 3.8) is 0 Å². The predicted molar refractivity (Wildman–Crippen MR) is 46.5 cm³/mol. The van der Waals surface area contributed by atoms with Gasteiger partial charge in [-0.15, -0.1) is 0 Å². The smallest absolute Gasteiger partial charge is 0.180 e. The Bertz CT molecular complexity index is 98.5. The molecule has 0 aromatic rings. The molecule has 0 aliphatic carbocycles. The van der Waals surface area contributed by atoms with E-state index in [9.17, 15) is 0 Å². The van der Waals surface area contributed by atoms with E-state index >= 15 is 0 Å². The van der Waals surface area contributed by atoms with Gasteiger partial charge in [0.1, 0.15) is 0 Å². The first-order valence-electron chi connectivity index (χ1n) is 4.17. The molecule has 0 aromatic heterocycles. The Hall–Kier alpha value is -0.200. The summed E-state index contributed by atoms with van der Waals surface area (Å²) in [6, 6.07) is 0. The minimum Gasteiger partial charge on any atom is -0.394 e. The van der Waals surface area contributed by atoms with Crippen LogP contribution in [0.4, 0.5) is 0 Å². The van der Waals surface area contributed by atoms with Gasteiger partial charge in [0.05, 0.1) is 33.0 Å². The van der Waals surface area contributed by atoms with Crippen LogP contribution in [0, 0.1) is 0 Å². The monoisotopic (exact) mass is 194 g/mol. The van der Waals surface area contributed by atoms with Crippen LogP contribution in [0.1, 0.15) is 0 Å². The van der Waals surface area contributed by atoms with Crippen molar-refractivity contribution in [1.29, 1.82) is 0 Å². The van der Waals surface area contributed by atoms with Crippen LogP contribution in [0.5, 0.6) is 0 Å². The van der Waals surface area contributed by atoms with Gasteiger partial charge in [-0.2, -0.15) is 0 Å². The largest absolute Gasteiger partial charge is 0.394 e. The molecular formula is C8H18O5. The highest BCUT2D eigenvalue weighted by Crippen LogP contribution is 1.93. The van der Waals surface area contributed by atoms with Crippen molar-refractivity contribution < 1.29 is 24.1 Å². The predicted octanol–water partition coefficient (Wildman–Crippen LogP) is -0.369. The molecule has 0 aromatic carbocycles. The molecule has 0 bridgehead atoms. The fourth-order valence-electron chi connectivity index (χ4n) is 0.725. The van der Waals surface area contributed by atoms with Crippen LogP contribution in [0.2, 0.25) is 0 Å². The highest BCUT2D eigenvalue weighted by Gasteiger charge is 2.05. The van der Waals surface area contributed by atoms with Crippen LogP contribution in [-0.2, 0) is 18.9 Å². The molecule has 0 amide bonds. The van der Waals surface area contributed by atoms with E-state index in [1.54, 1.807) is 14.2 Å². The number of aliphatic hydroxyl groups excluding tert-OH is 1. The van der Waals surface area contributed by atoms with Crippen LogP contribution in [0.15, 0.2) is 0 Å². The summed E-state index contributed by atoms with van der Waals surface area (Å²) in [6.45, 7) is 1.65. The van der Waals surface area contributed by atoms with Gasteiger partial charge in [0.2, 0.25) is 0 Å². The van der Waals surface area contributed by atoms with Crippen LogP contribution in [-0.4, -0.2) is 58.7 Å². The minimum absolute atomic E-state index is 0.0335. The second-order valence-corrected chi connectivity index (χ2v) is 2.33. The number of hydrogen-bond acceptors (Lipinski definition) is 5. The summed E-state index contributed by atoms with van der Waals surface area (Å²) >= 11 is 0. The number of ether oxygens (including phenoxy) is 4. The maximum absolute atomic E-state index is 8.39. The third kappa shape index (κ3) is 8.14. The maximum Gasteiger partial charge on any atom is 0.180 e. The van der Waals surface area contributed by atoms with Gasteiger partial charge >= 0.3 is 0 Å². The SMILES string of the molecule is COCC(OC)OCCOCCO. The third-order valence-corrected chi connectivity index (χ3v) is 1.33. The summed E-state index contributed by atoms with van der Waals surface area (Å²) in [5.41, 5.74) is 0. The molecule has 0 fully saturated rings. The molecule has 0 heterocycles. The van der Waals surface area contributed by atoms with Crippen molar-refractivity contribution >= 4 is 0 Å². The summed E-state index contributed by atoms with van der Waals surface area (Å²) in [4.78, 5) is 0. The Kier molecular flexibility index (Phi) is 9.73. The van der Waals surface area contributed by atoms with E-state index in [0.717, 1.165) is 0 Å². The van der Waals surface area contributed by atoms with Crippen molar-refractivity contribution in [1.82, 2.24) is 0 Å². The van der Waals surface area contributed by atoms with Crippen LogP contribution in [0.25, 0.3) is 0 Å². The average Bonchev–Trinajstić information content (AvgIpc) is 2.16. The first-order chi connectivity index (χ1) is 6.35. The lowest BCUT2D eigenvalue weighted by molar-refractivity contribution is -0.159. The molecule has 0 aliphatic heterocycles. The Balaban J connectivity index is 3.17. The summed E-state index contributed by atoms with van der Waals surface area (Å²) in [5, 5.41) is 8.39. The van der Waals surface area contributed by atoms with E-state index in [0.29, 0.717) is 26.4 Å². The zero-order valence-corrected chi connectivity index (χ0v) is 8.19. The number of hydrogen-bond donors (Lipinski definition) is 1. The topological polar surface area (TPSA) is 57.2 Å². The molecule has 0 spiro atoms. The Morgan fingerprint density at radius 3 is 2.46 bits per heavy atom. The van der Waals surface area contributed by atoms with Crippen molar-refractivity contribution in [3.05, 3.63) is 0 Å². The molecule has 0 saturated heterocycles. The van der Waals surface area contributed by atoms with Crippen molar-refractivity contribution in [2.75, 3.05) is 47.3 Å². The van der Waals surface area contributed by atoms with Gasteiger partial charge < -0.3 is 24.1 Å². The summed E-state index contributed by atoms with van der Waals surface area (Å²) in [7, 11) is 3.13. The summed E-state index contributed by atoms with van der Waals surface area (Å²) < 4.78 is 20.0. The molecule has 1 atom stereocenters. The average molecular weight is 194 g/mol. The van der Waals surface area contributed by atoms with E-state index in [1.165, 1.54) is 0 Å². The van der Waals surface area contributed by atoms with Crippen molar-refractivity contribution in [2.45, 2.75) is 6.29 Å². The molecular weight excluding hydrogens is 176 g/mol. The molecule has 13 heavy (non-hydrogen) atoms. The fraction of sp³-hybridized carbons (Fsp3) is 1.00. The highest BCUT2D eigenvalue weighted by atomic mass is 16.7. The molecule has 0 radical (unpaired) electrons. The number of rotatable bonds is 9. The van der Waals surface area contributed by atoms with Gasteiger partial charge in [-0.3, -0.25) is 0 Å². The van der Waals surface area contributed by atoms with Crippen molar-refractivity contribution in [3.8, 4) is 0 Å². The Labute approximate surface area is 78.5 Å². The molecule has 1 unspecified atom stereocenters. The summed E-state index contributed by atoms with van der Waals surface area (Å²) in [5.74, 6) is 0. The summed E-state index contributed by atoms with van der Waals surface area (Å²) in [6.07, 6.45) is -0.345. The van der Waals surface area contributed by atoms with E-state index < -0.39 is 0 Å². The Morgan fingerprint density at radius 2 is 1.92 bits per heavy atom. The molecule has 80 valence electrons. The minimum atomic E-state index is -0.345. The van der Waals surface area contributed by atoms with Gasteiger partial charge in [-0.1, -0.05) is 0 Å². The molecule has 1 N–H and O–H groups in total. The van der Waals surface area contributed by atoms with E-state index in [2.05, 4.69) is 0 Å². The molecule has 0 aliphatic rings. The van der Waals surface area contributed by atoms with E-state index in [1.807, 2.05) is 0 Å². The standard InChI is InChI=1S/C8H18O5/c1-10-7-8(11-2)13-6-5-12-4-3-9/h8-9H,3-7H2,1-2H3. The lowest BCUT2D eigenvalue weighted by atomic mass is 10.6. The zero-order valence-electron chi connectivity index (χ0n) is 8.19.